The van der Waals surface area contributed by atoms with Gasteiger partial charge in [0.15, 0.2) is 0 Å². The van der Waals surface area contributed by atoms with Crippen LogP contribution in [0.4, 0.5) is 0 Å². The van der Waals surface area contributed by atoms with Gasteiger partial charge in [0, 0.05) is 12.1 Å². The minimum atomic E-state index is -0.166. The van der Waals surface area contributed by atoms with E-state index in [4.69, 9.17) is 4.74 Å². The Bertz CT molecular complexity index is 353. The first-order chi connectivity index (χ1) is 9.19. The van der Waals surface area contributed by atoms with Crippen molar-refractivity contribution in [3.8, 4) is 5.75 Å². The van der Waals surface area contributed by atoms with Gasteiger partial charge < -0.3 is 15.2 Å². The number of hydrogen-bond acceptors (Lipinski definition) is 3. The quantitative estimate of drug-likeness (QED) is 0.721. The van der Waals surface area contributed by atoms with E-state index in [1.807, 2.05) is 12.1 Å². The molecule has 19 heavy (non-hydrogen) atoms. The standard InChI is InChI=1S/C16H27NO2/c1-4-10-19-15-9-7-8-14(11-15)12-17-16(5-2,6-3)13-18/h7-9,11,17-18H,4-6,10,12-13H2,1-3H3. The number of aliphatic hydroxyl groups excluding tert-OH is 1. The molecule has 0 aliphatic rings. The molecular weight excluding hydrogens is 238 g/mol. The van der Waals surface area contributed by atoms with E-state index < -0.39 is 0 Å². The van der Waals surface area contributed by atoms with Gasteiger partial charge >= 0.3 is 0 Å². The predicted molar refractivity (Wildman–Crippen MR) is 79.5 cm³/mol. The fourth-order valence-electron chi connectivity index (χ4n) is 2.03. The number of aliphatic hydroxyl groups is 1. The zero-order valence-corrected chi connectivity index (χ0v) is 12.4. The average molecular weight is 265 g/mol. The van der Waals surface area contributed by atoms with Gasteiger partial charge in [0.1, 0.15) is 5.75 Å². The van der Waals surface area contributed by atoms with Crippen molar-refractivity contribution in [2.45, 2.75) is 52.1 Å². The topological polar surface area (TPSA) is 41.5 Å². The van der Waals surface area contributed by atoms with Crippen LogP contribution in [0.1, 0.15) is 45.6 Å². The molecule has 0 saturated carbocycles. The third-order valence-corrected chi connectivity index (χ3v) is 3.70. The molecule has 2 N–H and O–H groups in total. The molecule has 108 valence electrons. The summed E-state index contributed by atoms with van der Waals surface area (Å²) in [6.07, 6.45) is 2.86. The van der Waals surface area contributed by atoms with Crippen molar-refractivity contribution in [3.05, 3.63) is 29.8 Å². The molecule has 0 aromatic heterocycles. The Balaban J connectivity index is 2.61. The van der Waals surface area contributed by atoms with Crippen LogP contribution >= 0.6 is 0 Å². The Morgan fingerprint density at radius 2 is 1.95 bits per heavy atom. The normalized spacial score (nSPS) is 11.6. The van der Waals surface area contributed by atoms with Crippen LogP contribution in [-0.2, 0) is 6.54 Å². The lowest BCUT2D eigenvalue weighted by molar-refractivity contribution is 0.149. The van der Waals surface area contributed by atoms with Crippen LogP contribution in [-0.4, -0.2) is 23.9 Å². The summed E-state index contributed by atoms with van der Waals surface area (Å²) in [7, 11) is 0. The summed E-state index contributed by atoms with van der Waals surface area (Å²) >= 11 is 0. The molecule has 0 atom stereocenters. The van der Waals surface area contributed by atoms with E-state index in [0.29, 0.717) is 0 Å². The van der Waals surface area contributed by atoms with Crippen molar-refractivity contribution >= 4 is 0 Å². The SMILES string of the molecule is CCCOc1cccc(CNC(CC)(CC)CO)c1. The Morgan fingerprint density at radius 1 is 1.21 bits per heavy atom. The van der Waals surface area contributed by atoms with Crippen molar-refractivity contribution < 1.29 is 9.84 Å². The van der Waals surface area contributed by atoms with Crippen LogP contribution in [0.15, 0.2) is 24.3 Å². The Labute approximate surface area is 117 Å². The number of ether oxygens (including phenoxy) is 1. The largest absolute Gasteiger partial charge is 0.494 e. The maximum Gasteiger partial charge on any atom is 0.119 e. The first-order valence-corrected chi connectivity index (χ1v) is 7.27. The lowest BCUT2D eigenvalue weighted by Crippen LogP contribution is -2.47. The van der Waals surface area contributed by atoms with Gasteiger partial charge in [0.2, 0.25) is 0 Å². The van der Waals surface area contributed by atoms with Crippen LogP contribution in [0, 0.1) is 0 Å². The molecule has 0 spiro atoms. The summed E-state index contributed by atoms with van der Waals surface area (Å²) in [6, 6.07) is 8.15. The highest BCUT2D eigenvalue weighted by molar-refractivity contribution is 5.28. The fourth-order valence-corrected chi connectivity index (χ4v) is 2.03. The molecule has 1 aromatic rings. The maximum absolute atomic E-state index is 9.54. The molecule has 1 rings (SSSR count). The van der Waals surface area contributed by atoms with Crippen LogP contribution in [0.5, 0.6) is 5.75 Å². The summed E-state index contributed by atoms with van der Waals surface area (Å²) in [6.45, 7) is 7.99. The molecule has 0 saturated heterocycles. The van der Waals surface area contributed by atoms with Gasteiger partial charge in [-0.2, -0.15) is 0 Å². The van der Waals surface area contributed by atoms with Gasteiger partial charge in [-0.05, 0) is 37.0 Å². The molecule has 0 unspecified atom stereocenters. The zero-order valence-electron chi connectivity index (χ0n) is 12.4. The molecule has 0 aliphatic heterocycles. The summed E-state index contributed by atoms with van der Waals surface area (Å²) < 4.78 is 5.63. The molecule has 0 aliphatic carbocycles. The number of rotatable bonds is 9. The fraction of sp³-hybridized carbons (Fsp3) is 0.625. The summed E-state index contributed by atoms with van der Waals surface area (Å²) in [5, 5.41) is 13.0. The highest BCUT2D eigenvalue weighted by Gasteiger charge is 2.23. The summed E-state index contributed by atoms with van der Waals surface area (Å²) in [5.41, 5.74) is 1.02. The van der Waals surface area contributed by atoms with E-state index in [-0.39, 0.29) is 12.1 Å². The maximum atomic E-state index is 9.54. The highest BCUT2D eigenvalue weighted by atomic mass is 16.5. The molecule has 0 fully saturated rings. The Morgan fingerprint density at radius 3 is 2.53 bits per heavy atom. The minimum absolute atomic E-state index is 0.166. The third kappa shape index (κ3) is 4.84. The van der Waals surface area contributed by atoms with E-state index in [1.54, 1.807) is 0 Å². The van der Waals surface area contributed by atoms with E-state index in [1.165, 1.54) is 5.56 Å². The second-order valence-corrected chi connectivity index (χ2v) is 4.99. The molecule has 0 bridgehead atoms. The van der Waals surface area contributed by atoms with Crippen molar-refractivity contribution in [1.29, 1.82) is 0 Å². The monoisotopic (exact) mass is 265 g/mol. The van der Waals surface area contributed by atoms with E-state index in [9.17, 15) is 5.11 Å². The molecule has 1 aromatic carbocycles. The predicted octanol–water partition coefficient (Wildman–Crippen LogP) is 3.12. The van der Waals surface area contributed by atoms with Crippen LogP contribution in [0.3, 0.4) is 0 Å². The first-order valence-electron chi connectivity index (χ1n) is 7.27. The molecule has 0 amide bonds. The van der Waals surface area contributed by atoms with Gasteiger partial charge in [-0.15, -0.1) is 0 Å². The van der Waals surface area contributed by atoms with Crippen molar-refractivity contribution in [1.82, 2.24) is 5.32 Å². The number of hydrogen-bond donors (Lipinski definition) is 2. The third-order valence-electron chi connectivity index (χ3n) is 3.70. The lowest BCUT2D eigenvalue weighted by Gasteiger charge is -2.31. The number of nitrogens with one attached hydrogen (secondary N) is 1. The molecule has 0 radical (unpaired) electrons. The van der Waals surface area contributed by atoms with Crippen molar-refractivity contribution in [2.24, 2.45) is 0 Å². The summed E-state index contributed by atoms with van der Waals surface area (Å²) in [5.74, 6) is 0.920. The van der Waals surface area contributed by atoms with Gasteiger partial charge in [-0.1, -0.05) is 32.9 Å². The molecule has 0 heterocycles. The summed E-state index contributed by atoms with van der Waals surface area (Å²) in [4.78, 5) is 0. The van der Waals surface area contributed by atoms with Gasteiger partial charge in [-0.3, -0.25) is 0 Å². The van der Waals surface area contributed by atoms with Crippen LogP contribution < -0.4 is 10.1 Å². The number of benzene rings is 1. The first kappa shape index (κ1) is 16.0. The van der Waals surface area contributed by atoms with Gasteiger partial charge in [0.05, 0.1) is 13.2 Å². The second kappa shape index (κ2) is 8.18. The Hall–Kier alpha value is -1.06. The van der Waals surface area contributed by atoms with Crippen LogP contribution in [0.2, 0.25) is 0 Å². The van der Waals surface area contributed by atoms with Gasteiger partial charge in [-0.25, -0.2) is 0 Å². The highest BCUT2D eigenvalue weighted by Crippen LogP contribution is 2.17. The minimum Gasteiger partial charge on any atom is -0.494 e. The van der Waals surface area contributed by atoms with Crippen molar-refractivity contribution in [3.63, 3.8) is 0 Å². The van der Waals surface area contributed by atoms with E-state index >= 15 is 0 Å². The lowest BCUT2D eigenvalue weighted by atomic mass is 9.93. The molecule has 3 nitrogen and oxygen atoms in total. The van der Waals surface area contributed by atoms with E-state index in [0.717, 1.165) is 38.2 Å². The average Bonchev–Trinajstić information content (AvgIpc) is 2.47. The molecule has 3 heteroatoms. The van der Waals surface area contributed by atoms with Crippen molar-refractivity contribution in [2.75, 3.05) is 13.2 Å². The smallest absolute Gasteiger partial charge is 0.119 e. The van der Waals surface area contributed by atoms with Gasteiger partial charge in [0.25, 0.3) is 0 Å². The zero-order chi connectivity index (χ0) is 14.1. The molecular formula is C16H27NO2. The second-order valence-electron chi connectivity index (χ2n) is 4.99. The Kier molecular flexibility index (Phi) is 6.89. The van der Waals surface area contributed by atoms with E-state index in [2.05, 4.69) is 38.2 Å². The van der Waals surface area contributed by atoms with Crippen LogP contribution in [0.25, 0.3) is 0 Å².